The summed E-state index contributed by atoms with van der Waals surface area (Å²) in [5.74, 6) is -0.534. The highest BCUT2D eigenvalue weighted by Crippen LogP contribution is 2.13. The Morgan fingerprint density at radius 3 is 2.89 bits per heavy atom. The molecule has 100 valence electrons. The van der Waals surface area contributed by atoms with Crippen LogP contribution in [0.1, 0.15) is 37.3 Å². The van der Waals surface area contributed by atoms with Crippen molar-refractivity contribution in [3.63, 3.8) is 0 Å². The van der Waals surface area contributed by atoms with E-state index in [1.54, 1.807) is 6.07 Å². The zero-order valence-electron chi connectivity index (χ0n) is 10.5. The zero-order valence-corrected chi connectivity index (χ0v) is 10.5. The Hall–Kier alpha value is -1.62. The Morgan fingerprint density at radius 1 is 1.44 bits per heavy atom. The summed E-state index contributed by atoms with van der Waals surface area (Å²) in [5, 5.41) is 11.5. The van der Waals surface area contributed by atoms with Gasteiger partial charge in [0.1, 0.15) is 5.82 Å². The van der Waals surface area contributed by atoms with E-state index >= 15 is 0 Å². The molecule has 0 bridgehead atoms. The Kier molecular flexibility index (Phi) is 6.14. The van der Waals surface area contributed by atoms with Gasteiger partial charge in [-0.1, -0.05) is 31.0 Å². The largest absolute Gasteiger partial charge is 0.409 e. The first kappa shape index (κ1) is 14.4. The van der Waals surface area contributed by atoms with E-state index in [2.05, 4.69) is 12.1 Å². The number of hydrogen-bond acceptors (Lipinski definition) is 3. The van der Waals surface area contributed by atoms with E-state index in [-0.39, 0.29) is 5.84 Å². The van der Waals surface area contributed by atoms with Gasteiger partial charge >= 0.3 is 0 Å². The van der Waals surface area contributed by atoms with Crippen LogP contribution in [-0.2, 0) is 11.3 Å². The monoisotopic (exact) mass is 254 g/mol. The van der Waals surface area contributed by atoms with E-state index in [1.807, 2.05) is 0 Å². The SMILES string of the molecule is CCCCCOCc1ccc(F)cc1/C(N)=N/O. The van der Waals surface area contributed by atoms with Crippen LogP contribution in [0.3, 0.4) is 0 Å². The molecular weight excluding hydrogens is 235 g/mol. The van der Waals surface area contributed by atoms with Crippen molar-refractivity contribution in [1.29, 1.82) is 0 Å². The molecular formula is C13H19FN2O2. The second-order valence-corrected chi connectivity index (χ2v) is 4.05. The number of halogens is 1. The zero-order chi connectivity index (χ0) is 13.4. The van der Waals surface area contributed by atoms with Crippen molar-refractivity contribution in [2.45, 2.75) is 32.8 Å². The predicted molar refractivity (Wildman–Crippen MR) is 68.1 cm³/mol. The number of hydrogen-bond donors (Lipinski definition) is 2. The maximum Gasteiger partial charge on any atom is 0.170 e. The molecule has 3 N–H and O–H groups in total. The molecule has 0 spiro atoms. The van der Waals surface area contributed by atoms with Crippen LogP contribution < -0.4 is 5.73 Å². The predicted octanol–water partition coefficient (Wildman–Crippen LogP) is 2.63. The molecule has 0 aromatic heterocycles. The second kappa shape index (κ2) is 7.66. The minimum atomic E-state index is -0.425. The first-order chi connectivity index (χ1) is 8.69. The smallest absolute Gasteiger partial charge is 0.170 e. The van der Waals surface area contributed by atoms with E-state index in [1.165, 1.54) is 12.1 Å². The van der Waals surface area contributed by atoms with Gasteiger partial charge in [-0.15, -0.1) is 0 Å². The molecule has 1 aromatic rings. The van der Waals surface area contributed by atoms with Crippen molar-refractivity contribution in [1.82, 2.24) is 0 Å². The normalized spacial score (nSPS) is 11.8. The van der Waals surface area contributed by atoms with Gasteiger partial charge in [-0.2, -0.15) is 0 Å². The molecule has 0 unspecified atom stereocenters. The fourth-order valence-electron chi connectivity index (χ4n) is 1.60. The number of nitrogens with two attached hydrogens (primary N) is 1. The lowest BCUT2D eigenvalue weighted by Gasteiger charge is -2.09. The van der Waals surface area contributed by atoms with Crippen molar-refractivity contribution in [3.8, 4) is 0 Å². The number of ether oxygens (including phenoxy) is 1. The number of amidine groups is 1. The highest BCUT2D eigenvalue weighted by molar-refractivity contribution is 5.98. The molecule has 0 amide bonds. The van der Waals surface area contributed by atoms with Crippen molar-refractivity contribution in [2.24, 2.45) is 10.9 Å². The lowest BCUT2D eigenvalue weighted by molar-refractivity contribution is 0.117. The number of rotatable bonds is 7. The molecule has 0 saturated heterocycles. The van der Waals surface area contributed by atoms with Crippen LogP contribution in [0.25, 0.3) is 0 Å². The molecule has 18 heavy (non-hydrogen) atoms. The lowest BCUT2D eigenvalue weighted by atomic mass is 10.1. The molecule has 0 aliphatic rings. The van der Waals surface area contributed by atoms with Gasteiger partial charge in [0, 0.05) is 12.2 Å². The van der Waals surface area contributed by atoms with Crippen molar-refractivity contribution in [2.75, 3.05) is 6.61 Å². The van der Waals surface area contributed by atoms with E-state index < -0.39 is 5.82 Å². The summed E-state index contributed by atoms with van der Waals surface area (Å²) in [5.41, 5.74) is 6.57. The van der Waals surface area contributed by atoms with Gasteiger partial charge in [0.25, 0.3) is 0 Å². The van der Waals surface area contributed by atoms with Crippen molar-refractivity contribution >= 4 is 5.84 Å². The van der Waals surface area contributed by atoms with Gasteiger partial charge in [-0.3, -0.25) is 0 Å². The molecule has 1 aromatic carbocycles. The fourth-order valence-corrected chi connectivity index (χ4v) is 1.60. The fraction of sp³-hybridized carbons (Fsp3) is 0.462. The molecule has 4 nitrogen and oxygen atoms in total. The van der Waals surface area contributed by atoms with Crippen LogP contribution in [0.2, 0.25) is 0 Å². The minimum Gasteiger partial charge on any atom is -0.409 e. The van der Waals surface area contributed by atoms with Crippen LogP contribution in [0.5, 0.6) is 0 Å². The van der Waals surface area contributed by atoms with Crippen LogP contribution >= 0.6 is 0 Å². The van der Waals surface area contributed by atoms with Gasteiger partial charge in [-0.25, -0.2) is 4.39 Å². The summed E-state index contributed by atoms with van der Waals surface area (Å²) in [6.45, 7) is 3.10. The van der Waals surface area contributed by atoms with Gasteiger partial charge in [0.2, 0.25) is 0 Å². The first-order valence-electron chi connectivity index (χ1n) is 6.03. The Morgan fingerprint density at radius 2 is 2.22 bits per heavy atom. The van der Waals surface area contributed by atoms with Crippen molar-refractivity contribution < 1.29 is 14.3 Å². The first-order valence-corrected chi connectivity index (χ1v) is 6.03. The summed E-state index contributed by atoms with van der Waals surface area (Å²) < 4.78 is 18.6. The Bertz CT molecular complexity index is 408. The summed E-state index contributed by atoms with van der Waals surface area (Å²) >= 11 is 0. The quantitative estimate of drug-likeness (QED) is 0.258. The Labute approximate surface area is 106 Å². The molecule has 0 saturated carbocycles. The van der Waals surface area contributed by atoms with Gasteiger partial charge < -0.3 is 15.7 Å². The summed E-state index contributed by atoms with van der Waals surface area (Å²) in [6.07, 6.45) is 3.25. The third kappa shape index (κ3) is 4.33. The average molecular weight is 254 g/mol. The molecule has 0 heterocycles. The topological polar surface area (TPSA) is 67.8 Å². The number of oxime groups is 1. The number of nitrogens with zero attached hydrogens (tertiary/aromatic N) is 1. The van der Waals surface area contributed by atoms with Crippen LogP contribution in [0, 0.1) is 5.82 Å². The third-order valence-electron chi connectivity index (χ3n) is 2.61. The molecule has 0 fully saturated rings. The maximum absolute atomic E-state index is 13.1. The van der Waals surface area contributed by atoms with E-state index in [0.717, 1.165) is 19.3 Å². The summed E-state index contributed by atoms with van der Waals surface area (Å²) in [4.78, 5) is 0. The standard InChI is InChI=1S/C13H19FN2O2/c1-2-3-4-7-18-9-10-5-6-11(14)8-12(10)13(15)16-17/h5-6,8,17H,2-4,7,9H2,1H3,(H2,15,16). The lowest BCUT2D eigenvalue weighted by Crippen LogP contribution is -2.16. The summed E-state index contributed by atoms with van der Waals surface area (Å²) in [6, 6.07) is 4.15. The third-order valence-corrected chi connectivity index (χ3v) is 2.61. The summed E-state index contributed by atoms with van der Waals surface area (Å²) in [7, 11) is 0. The molecule has 0 atom stereocenters. The van der Waals surface area contributed by atoms with Gasteiger partial charge in [0.15, 0.2) is 5.84 Å². The number of unbranched alkanes of at least 4 members (excludes halogenated alkanes) is 2. The van der Waals surface area contributed by atoms with Crippen LogP contribution in [0.15, 0.2) is 23.4 Å². The van der Waals surface area contributed by atoms with E-state index in [9.17, 15) is 4.39 Å². The van der Waals surface area contributed by atoms with Crippen LogP contribution in [0.4, 0.5) is 4.39 Å². The van der Waals surface area contributed by atoms with E-state index in [0.29, 0.717) is 24.3 Å². The van der Waals surface area contributed by atoms with Crippen molar-refractivity contribution in [3.05, 3.63) is 35.1 Å². The molecule has 5 heteroatoms. The molecule has 1 rings (SSSR count). The second-order valence-electron chi connectivity index (χ2n) is 4.05. The molecule has 0 aliphatic carbocycles. The maximum atomic E-state index is 13.1. The van der Waals surface area contributed by atoms with E-state index in [4.69, 9.17) is 15.7 Å². The Balaban J connectivity index is 2.64. The van der Waals surface area contributed by atoms with Gasteiger partial charge in [-0.05, 0) is 24.1 Å². The average Bonchev–Trinajstić information content (AvgIpc) is 2.39. The molecule has 0 radical (unpaired) electrons. The van der Waals surface area contributed by atoms with Crippen LogP contribution in [-0.4, -0.2) is 17.6 Å². The van der Waals surface area contributed by atoms with Gasteiger partial charge in [0.05, 0.1) is 6.61 Å². The molecule has 0 aliphatic heterocycles. The highest BCUT2D eigenvalue weighted by Gasteiger charge is 2.08. The number of benzene rings is 1. The minimum absolute atomic E-state index is 0.110. The highest BCUT2D eigenvalue weighted by atomic mass is 19.1.